The second-order valence-electron chi connectivity index (χ2n) is 3.99. The lowest BCUT2D eigenvalue weighted by molar-refractivity contribution is -0.257. The van der Waals surface area contributed by atoms with E-state index >= 15 is 0 Å². The van der Waals surface area contributed by atoms with Crippen LogP contribution in [0.2, 0.25) is 0 Å². The van der Waals surface area contributed by atoms with Gasteiger partial charge in [0.15, 0.2) is 6.29 Å². The number of rotatable bonds is 3. The molecule has 1 N–H and O–H groups in total. The molecule has 0 radical (unpaired) electrons. The van der Waals surface area contributed by atoms with Crippen molar-refractivity contribution in [3.8, 4) is 0 Å². The van der Waals surface area contributed by atoms with E-state index in [-0.39, 0.29) is 30.8 Å². The van der Waals surface area contributed by atoms with Crippen molar-refractivity contribution >= 4 is 0 Å². The van der Waals surface area contributed by atoms with Crippen LogP contribution in [0, 0.1) is 11.8 Å². The molecule has 0 amide bonds. The van der Waals surface area contributed by atoms with Gasteiger partial charge < -0.3 is 19.3 Å². The average Bonchev–Trinajstić information content (AvgIpc) is 2.15. The molecule has 4 heteroatoms. The molecule has 1 fully saturated rings. The van der Waals surface area contributed by atoms with Crippen LogP contribution in [-0.2, 0) is 14.2 Å². The van der Waals surface area contributed by atoms with Gasteiger partial charge in [0.2, 0.25) is 0 Å². The van der Waals surface area contributed by atoms with Crippen LogP contribution in [0.3, 0.4) is 0 Å². The Morgan fingerprint density at radius 3 is 2.43 bits per heavy atom. The molecule has 0 aromatic carbocycles. The largest absolute Gasteiger partial charge is 0.368 e. The van der Waals surface area contributed by atoms with Gasteiger partial charge in [0.05, 0.1) is 12.2 Å². The Morgan fingerprint density at radius 1 is 1.21 bits per heavy atom. The van der Waals surface area contributed by atoms with Crippen LogP contribution in [0.25, 0.3) is 0 Å². The van der Waals surface area contributed by atoms with E-state index in [2.05, 4.69) is 6.92 Å². The normalized spacial score (nSPS) is 43.9. The average molecular weight is 204 g/mol. The number of aliphatic hydroxyl groups is 1. The zero-order valence-corrected chi connectivity index (χ0v) is 9.27. The third-order valence-corrected chi connectivity index (χ3v) is 2.96. The fourth-order valence-electron chi connectivity index (χ4n) is 1.83. The Labute approximate surface area is 85.2 Å². The predicted molar refractivity (Wildman–Crippen MR) is 51.6 cm³/mol. The van der Waals surface area contributed by atoms with Crippen LogP contribution in [0.15, 0.2) is 0 Å². The fraction of sp³-hybridized carbons (Fsp3) is 1.00. The Bertz CT molecular complexity index is 160. The molecule has 5 atom stereocenters. The molecule has 1 aliphatic rings. The molecule has 0 aromatic heterocycles. The first-order valence-corrected chi connectivity index (χ1v) is 5.02. The summed E-state index contributed by atoms with van der Waals surface area (Å²) in [6, 6.07) is 0. The minimum absolute atomic E-state index is 0.00583. The molecule has 14 heavy (non-hydrogen) atoms. The van der Waals surface area contributed by atoms with Gasteiger partial charge in [-0.25, -0.2) is 0 Å². The van der Waals surface area contributed by atoms with Crippen LogP contribution < -0.4 is 0 Å². The van der Waals surface area contributed by atoms with Crippen molar-refractivity contribution in [1.29, 1.82) is 0 Å². The third-order valence-electron chi connectivity index (χ3n) is 2.96. The second kappa shape index (κ2) is 5.07. The van der Waals surface area contributed by atoms with Crippen molar-refractivity contribution in [1.82, 2.24) is 0 Å². The van der Waals surface area contributed by atoms with E-state index < -0.39 is 6.29 Å². The molecule has 0 saturated carbocycles. The van der Waals surface area contributed by atoms with Gasteiger partial charge in [-0.2, -0.15) is 0 Å². The molecule has 0 bridgehead atoms. The van der Waals surface area contributed by atoms with Crippen LogP contribution in [0.4, 0.5) is 0 Å². The van der Waals surface area contributed by atoms with Crippen LogP contribution >= 0.6 is 0 Å². The Morgan fingerprint density at radius 2 is 1.86 bits per heavy atom. The highest BCUT2D eigenvalue weighted by atomic mass is 16.7. The molecule has 1 rings (SSSR count). The Hall–Kier alpha value is -0.160. The highest BCUT2D eigenvalue weighted by molar-refractivity contribution is 4.83. The van der Waals surface area contributed by atoms with Crippen molar-refractivity contribution in [2.45, 2.75) is 39.3 Å². The highest BCUT2D eigenvalue weighted by Gasteiger charge is 2.39. The zero-order valence-electron chi connectivity index (χ0n) is 9.27. The van der Waals surface area contributed by atoms with Crippen LogP contribution in [-0.4, -0.2) is 37.5 Å². The van der Waals surface area contributed by atoms with Crippen LogP contribution in [0.5, 0.6) is 0 Å². The lowest BCUT2D eigenvalue weighted by Gasteiger charge is -2.41. The van der Waals surface area contributed by atoms with E-state index in [9.17, 15) is 5.11 Å². The molecule has 1 aliphatic heterocycles. The maximum absolute atomic E-state index is 9.59. The summed E-state index contributed by atoms with van der Waals surface area (Å²) in [4.78, 5) is 0. The lowest BCUT2D eigenvalue weighted by atomic mass is 9.86. The van der Waals surface area contributed by atoms with Gasteiger partial charge in [-0.05, 0) is 6.92 Å². The smallest absolute Gasteiger partial charge is 0.159 e. The minimum atomic E-state index is -0.733. The van der Waals surface area contributed by atoms with E-state index in [0.29, 0.717) is 0 Å². The van der Waals surface area contributed by atoms with E-state index in [1.54, 1.807) is 7.11 Å². The molecular weight excluding hydrogens is 184 g/mol. The van der Waals surface area contributed by atoms with Crippen molar-refractivity contribution in [3.63, 3.8) is 0 Å². The topological polar surface area (TPSA) is 47.9 Å². The molecule has 84 valence electrons. The summed E-state index contributed by atoms with van der Waals surface area (Å²) < 4.78 is 15.8. The number of aliphatic hydroxyl groups excluding tert-OH is 1. The second-order valence-corrected chi connectivity index (χ2v) is 3.99. The summed E-state index contributed by atoms with van der Waals surface area (Å²) in [6.07, 6.45) is -0.722. The summed E-state index contributed by atoms with van der Waals surface area (Å²) in [5, 5.41) is 9.59. The molecule has 0 aromatic rings. The van der Waals surface area contributed by atoms with Crippen molar-refractivity contribution in [2.24, 2.45) is 11.8 Å². The Balaban J connectivity index is 2.57. The van der Waals surface area contributed by atoms with E-state index in [0.717, 1.165) is 0 Å². The van der Waals surface area contributed by atoms with Gasteiger partial charge in [-0.3, -0.25) is 0 Å². The summed E-state index contributed by atoms with van der Waals surface area (Å²) in [7, 11) is 1.59. The zero-order chi connectivity index (χ0) is 10.7. The lowest BCUT2D eigenvalue weighted by Crippen LogP contribution is -2.49. The minimum Gasteiger partial charge on any atom is -0.368 e. The SMILES string of the molecule is COCOC1C(C)C(C)OC(O)C1C. The molecule has 4 nitrogen and oxygen atoms in total. The molecule has 5 unspecified atom stereocenters. The molecular formula is C10H20O4. The van der Waals surface area contributed by atoms with Crippen LogP contribution in [0.1, 0.15) is 20.8 Å². The van der Waals surface area contributed by atoms with E-state index in [1.807, 2.05) is 13.8 Å². The van der Waals surface area contributed by atoms with E-state index in [4.69, 9.17) is 14.2 Å². The highest BCUT2D eigenvalue weighted by Crippen LogP contribution is 2.30. The van der Waals surface area contributed by atoms with Gasteiger partial charge >= 0.3 is 0 Å². The molecule has 0 aliphatic carbocycles. The maximum atomic E-state index is 9.59. The summed E-state index contributed by atoms with van der Waals surface area (Å²) >= 11 is 0. The van der Waals surface area contributed by atoms with Crippen molar-refractivity contribution in [2.75, 3.05) is 13.9 Å². The number of hydrogen-bond acceptors (Lipinski definition) is 4. The first-order valence-electron chi connectivity index (χ1n) is 5.02. The summed E-state index contributed by atoms with van der Waals surface area (Å²) in [5.41, 5.74) is 0. The summed E-state index contributed by atoms with van der Waals surface area (Å²) in [5.74, 6) is 0.250. The fourth-order valence-corrected chi connectivity index (χ4v) is 1.83. The van der Waals surface area contributed by atoms with Gasteiger partial charge in [0, 0.05) is 18.9 Å². The molecule has 1 saturated heterocycles. The van der Waals surface area contributed by atoms with Gasteiger partial charge in [0.1, 0.15) is 6.79 Å². The summed E-state index contributed by atoms with van der Waals surface area (Å²) in [6.45, 7) is 6.20. The van der Waals surface area contributed by atoms with Crippen molar-refractivity contribution < 1.29 is 19.3 Å². The number of hydrogen-bond donors (Lipinski definition) is 1. The van der Waals surface area contributed by atoms with Gasteiger partial charge in [-0.15, -0.1) is 0 Å². The van der Waals surface area contributed by atoms with Gasteiger partial charge in [-0.1, -0.05) is 13.8 Å². The van der Waals surface area contributed by atoms with Gasteiger partial charge in [0.25, 0.3) is 0 Å². The Kier molecular flexibility index (Phi) is 4.31. The maximum Gasteiger partial charge on any atom is 0.159 e. The first kappa shape index (κ1) is 11.9. The monoisotopic (exact) mass is 204 g/mol. The number of ether oxygens (including phenoxy) is 3. The van der Waals surface area contributed by atoms with E-state index in [1.165, 1.54) is 0 Å². The quantitative estimate of drug-likeness (QED) is 0.696. The predicted octanol–water partition coefficient (Wildman–Crippen LogP) is 0.985. The van der Waals surface area contributed by atoms with Crippen molar-refractivity contribution in [3.05, 3.63) is 0 Å². The molecule has 0 spiro atoms. The molecule has 1 heterocycles. The first-order chi connectivity index (χ1) is 6.57. The third kappa shape index (κ3) is 2.45. The standard InChI is InChI=1S/C10H20O4/c1-6-8(3)14-10(11)7(2)9(6)13-5-12-4/h6-11H,5H2,1-4H3. The number of methoxy groups -OCH3 is 1.